The minimum absolute atomic E-state index is 0.0688. The number of carboxylic acid groups (broad SMARTS) is 1. The Balaban J connectivity index is 2.09. The molecule has 3 amide bonds. The minimum atomic E-state index is -1.54. The van der Waals surface area contributed by atoms with E-state index in [1.165, 1.54) is 6.92 Å². The number of para-hydroxylation sites is 1. The largest absolute Gasteiger partial charge is 0.480 e. The van der Waals surface area contributed by atoms with Gasteiger partial charge in [0.2, 0.25) is 17.7 Å². The molecule has 14 nitrogen and oxygen atoms in total. The van der Waals surface area contributed by atoms with Crippen molar-refractivity contribution in [3.8, 4) is 0 Å². The zero-order chi connectivity index (χ0) is 27.5. The van der Waals surface area contributed by atoms with Crippen molar-refractivity contribution in [2.75, 3.05) is 13.1 Å². The molecule has 12 N–H and O–H groups in total. The molecular weight excluding hydrogens is 484 g/mol. The maximum atomic E-state index is 13.0. The van der Waals surface area contributed by atoms with E-state index < -0.39 is 54.5 Å². The molecule has 2 aromatic rings. The van der Waals surface area contributed by atoms with E-state index >= 15 is 0 Å². The van der Waals surface area contributed by atoms with Crippen LogP contribution in [0.3, 0.4) is 0 Å². The van der Waals surface area contributed by atoms with Crippen LogP contribution in [0.25, 0.3) is 10.9 Å². The molecule has 1 aromatic carbocycles. The summed E-state index contributed by atoms with van der Waals surface area (Å²) in [6.07, 6.45) is 1.18. The fourth-order valence-corrected chi connectivity index (χ4v) is 3.56. The third-order valence-electron chi connectivity index (χ3n) is 5.52. The van der Waals surface area contributed by atoms with Gasteiger partial charge >= 0.3 is 5.97 Å². The van der Waals surface area contributed by atoms with Crippen LogP contribution in [0.15, 0.2) is 35.5 Å². The maximum absolute atomic E-state index is 13.0. The Kier molecular flexibility index (Phi) is 10.8. The molecule has 0 saturated heterocycles. The van der Waals surface area contributed by atoms with E-state index in [0.29, 0.717) is 13.0 Å². The number of H-pyrrole nitrogens is 1. The number of nitrogens with two attached hydrogens (primary N) is 3. The van der Waals surface area contributed by atoms with E-state index in [1.54, 1.807) is 6.20 Å². The molecule has 2 rings (SSSR count). The summed E-state index contributed by atoms with van der Waals surface area (Å²) < 4.78 is 0. The lowest BCUT2D eigenvalue weighted by Gasteiger charge is -2.21. The number of hydrogen-bond donors (Lipinski definition) is 9. The van der Waals surface area contributed by atoms with Gasteiger partial charge in [-0.15, -0.1) is 0 Å². The number of aromatic amines is 1. The number of amides is 3. The molecule has 0 aliphatic heterocycles. The van der Waals surface area contributed by atoms with Gasteiger partial charge in [0, 0.05) is 30.1 Å². The molecule has 0 spiro atoms. The minimum Gasteiger partial charge on any atom is -0.480 e. The predicted molar refractivity (Wildman–Crippen MR) is 136 cm³/mol. The zero-order valence-electron chi connectivity index (χ0n) is 20.4. The maximum Gasteiger partial charge on any atom is 0.328 e. The monoisotopic (exact) mass is 518 g/mol. The number of nitrogens with zero attached hydrogens (tertiary/aromatic N) is 1. The van der Waals surface area contributed by atoms with Gasteiger partial charge < -0.3 is 48.3 Å². The van der Waals surface area contributed by atoms with Crippen molar-refractivity contribution in [2.24, 2.45) is 22.2 Å². The summed E-state index contributed by atoms with van der Waals surface area (Å²) in [4.78, 5) is 56.0. The molecular formula is C23H34N8O6. The molecule has 202 valence electrons. The molecule has 4 unspecified atom stereocenters. The van der Waals surface area contributed by atoms with Crippen LogP contribution >= 0.6 is 0 Å². The van der Waals surface area contributed by atoms with Crippen LogP contribution in [0.1, 0.15) is 25.3 Å². The van der Waals surface area contributed by atoms with E-state index in [1.807, 2.05) is 24.3 Å². The molecule has 0 aliphatic rings. The number of rotatable bonds is 14. The molecule has 0 bridgehead atoms. The Hall–Kier alpha value is -4.17. The Morgan fingerprint density at radius 1 is 1.11 bits per heavy atom. The van der Waals surface area contributed by atoms with Crippen molar-refractivity contribution in [1.29, 1.82) is 0 Å². The van der Waals surface area contributed by atoms with Crippen LogP contribution in [0, 0.1) is 0 Å². The summed E-state index contributed by atoms with van der Waals surface area (Å²) in [5.74, 6) is -3.57. The molecule has 14 heteroatoms. The van der Waals surface area contributed by atoms with Crippen molar-refractivity contribution >= 4 is 40.6 Å². The van der Waals surface area contributed by atoms with Crippen LogP contribution in [0.5, 0.6) is 0 Å². The van der Waals surface area contributed by atoms with Gasteiger partial charge in [-0.25, -0.2) is 4.79 Å². The molecule has 1 heterocycles. The second-order valence-corrected chi connectivity index (χ2v) is 8.52. The summed E-state index contributed by atoms with van der Waals surface area (Å²) in [7, 11) is 0. The molecule has 0 fully saturated rings. The highest BCUT2D eigenvalue weighted by molar-refractivity contribution is 5.93. The highest BCUT2D eigenvalue weighted by Crippen LogP contribution is 2.19. The number of carbonyl (C=O) groups excluding carboxylic acids is 3. The fourth-order valence-electron chi connectivity index (χ4n) is 3.56. The lowest BCUT2D eigenvalue weighted by Crippen LogP contribution is -2.55. The number of benzene rings is 1. The smallest absolute Gasteiger partial charge is 0.328 e. The first kappa shape index (κ1) is 29.1. The normalized spacial score (nSPS) is 14.1. The Morgan fingerprint density at radius 2 is 1.81 bits per heavy atom. The van der Waals surface area contributed by atoms with E-state index in [-0.39, 0.29) is 18.8 Å². The quantitative estimate of drug-likeness (QED) is 0.0735. The molecule has 4 atom stereocenters. The number of carbonyl (C=O) groups is 4. The molecule has 0 saturated carbocycles. The van der Waals surface area contributed by atoms with Crippen molar-refractivity contribution in [2.45, 2.75) is 50.4 Å². The average Bonchev–Trinajstić information content (AvgIpc) is 3.25. The standard InChI is InChI=1S/C23H34N8O6/c1-12(32)19(22(36)37)31-18(33)11-29-21(35)17(9-13-10-28-16-7-3-2-5-14(13)16)30-20(34)15(24)6-4-8-27-23(25)26/h2-3,5,7,10,12,15,17,19,28,32H,4,6,8-9,11,24H2,1H3,(H,29,35)(H,30,34)(H,31,33)(H,36,37)(H4,25,26,27). The van der Waals surface area contributed by atoms with Crippen molar-refractivity contribution < 1.29 is 29.4 Å². The van der Waals surface area contributed by atoms with Crippen LogP contribution < -0.4 is 33.2 Å². The summed E-state index contributed by atoms with van der Waals surface area (Å²) in [5, 5.41) is 26.6. The predicted octanol–water partition coefficient (Wildman–Crippen LogP) is -2.36. The van der Waals surface area contributed by atoms with Gasteiger partial charge in [-0.2, -0.15) is 0 Å². The van der Waals surface area contributed by atoms with Gasteiger partial charge in [0.05, 0.1) is 18.7 Å². The number of aliphatic carboxylic acids is 1. The first-order valence-electron chi connectivity index (χ1n) is 11.6. The summed E-state index contributed by atoms with van der Waals surface area (Å²) >= 11 is 0. The van der Waals surface area contributed by atoms with Crippen LogP contribution in [0.4, 0.5) is 0 Å². The summed E-state index contributed by atoms with van der Waals surface area (Å²) in [6, 6.07) is 3.86. The number of aromatic nitrogens is 1. The Bertz CT molecular complexity index is 1130. The number of nitrogens with one attached hydrogen (secondary N) is 4. The van der Waals surface area contributed by atoms with E-state index in [4.69, 9.17) is 22.3 Å². The third-order valence-corrected chi connectivity index (χ3v) is 5.52. The Morgan fingerprint density at radius 3 is 2.46 bits per heavy atom. The number of guanidine groups is 1. The van der Waals surface area contributed by atoms with Crippen LogP contribution in [-0.4, -0.2) is 82.2 Å². The molecule has 0 radical (unpaired) electrons. The molecule has 1 aromatic heterocycles. The highest BCUT2D eigenvalue weighted by Gasteiger charge is 2.27. The van der Waals surface area contributed by atoms with E-state index in [2.05, 4.69) is 25.9 Å². The van der Waals surface area contributed by atoms with Gasteiger partial charge in [0.15, 0.2) is 12.0 Å². The van der Waals surface area contributed by atoms with Gasteiger partial charge in [-0.05, 0) is 31.4 Å². The lowest BCUT2D eigenvalue weighted by atomic mass is 10.0. The number of hydrogen-bond acceptors (Lipinski definition) is 7. The number of aliphatic imine (C=N–C) groups is 1. The second kappa shape index (κ2) is 13.8. The molecule has 37 heavy (non-hydrogen) atoms. The highest BCUT2D eigenvalue weighted by atomic mass is 16.4. The number of carboxylic acids is 1. The SMILES string of the molecule is CC(O)C(NC(=O)CNC(=O)C(Cc1c[nH]c2ccccc12)NC(=O)C(N)CCCN=C(N)N)C(=O)O. The first-order chi connectivity index (χ1) is 17.5. The number of aliphatic hydroxyl groups is 1. The average molecular weight is 519 g/mol. The van der Waals surface area contributed by atoms with Crippen LogP contribution in [-0.2, 0) is 25.6 Å². The van der Waals surface area contributed by atoms with Crippen molar-refractivity contribution in [1.82, 2.24) is 20.9 Å². The second-order valence-electron chi connectivity index (χ2n) is 8.52. The first-order valence-corrected chi connectivity index (χ1v) is 11.6. The number of aliphatic hydroxyl groups excluding tert-OH is 1. The van der Waals surface area contributed by atoms with Crippen LogP contribution in [0.2, 0.25) is 0 Å². The van der Waals surface area contributed by atoms with E-state index in [0.717, 1.165) is 16.5 Å². The summed E-state index contributed by atoms with van der Waals surface area (Å²) in [6.45, 7) is 0.937. The van der Waals surface area contributed by atoms with Gasteiger partial charge in [0.25, 0.3) is 0 Å². The lowest BCUT2D eigenvalue weighted by molar-refractivity contribution is -0.144. The summed E-state index contributed by atoms with van der Waals surface area (Å²) in [5.41, 5.74) is 18.1. The van der Waals surface area contributed by atoms with Gasteiger partial charge in [-0.1, -0.05) is 18.2 Å². The zero-order valence-corrected chi connectivity index (χ0v) is 20.4. The Labute approximate surface area is 213 Å². The van der Waals surface area contributed by atoms with Crippen molar-refractivity contribution in [3.63, 3.8) is 0 Å². The molecule has 0 aliphatic carbocycles. The third kappa shape index (κ3) is 9.09. The topological polar surface area (TPSA) is 251 Å². The number of fused-ring (bicyclic) bond motifs is 1. The van der Waals surface area contributed by atoms with E-state index in [9.17, 15) is 24.3 Å². The van der Waals surface area contributed by atoms with Crippen molar-refractivity contribution in [3.05, 3.63) is 36.0 Å². The van der Waals surface area contributed by atoms with Gasteiger partial charge in [0.1, 0.15) is 6.04 Å². The fraction of sp³-hybridized carbons (Fsp3) is 0.435. The van der Waals surface area contributed by atoms with Gasteiger partial charge in [-0.3, -0.25) is 19.4 Å².